The molecule has 48 heavy (non-hydrogen) atoms. The lowest BCUT2D eigenvalue weighted by Crippen LogP contribution is -2.33. The van der Waals surface area contributed by atoms with Gasteiger partial charge in [0.2, 0.25) is 0 Å². The van der Waals surface area contributed by atoms with Gasteiger partial charge in [-0.3, -0.25) is 13.7 Å². The van der Waals surface area contributed by atoms with Crippen molar-refractivity contribution in [1.82, 2.24) is 19.5 Å². The van der Waals surface area contributed by atoms with Gasteiger partial charge in [-0.25, -0.2) is 19.7 Å². The van der Waals surface area contributed by atoms with Gasteiger partial charge in [-0.05, 0) is 38.7 Å². The van der Waals surface area contributed by atoms with Crippen LogP contribution in [0.1, 0.15) is 53.0 Å². The maximum Gasteiger partial charge on any atom is 0.342 e. The smallest absolute Gasteiger partial charge is 0.342 e. The summed E-state index contributed by atoms with van der Waals surface area (Å²) in [6.07, 6.45) is -0.298. The number of fused-ring (bicyclic) bond motifs is 2. The Morgan fingerprint density at radius 2 is 1.90 bits per heavy atom. The number of ether oxygens (including phenoxy) is 3. The van der Waals surface area contributed by atoms with E-state index in [1.165, 1.54) is 24.3 Å². The number of carbonyl (C=O) groups excluding carboxylic acids is 1. The first-order chi connectivity index (χ1) is 22.6. The number of phenolic OH excluding ortho intramolecular Hbond substituents is 1. The van der Waals surface area contributed by atoms with Gasteiger partial charge < -0.3 is 54.1 Å². The lowest BCUT2D eigenvalue weighted by atomic mass is 9.94. The largest absolute Gasteiger partial charge is 0.507 e. The Morgan fingerprint density at radius 3 is 2.62 bits per heavy atom. The van der Waals surface area contributed by atoms with Crippen LogP contribution in [0, 0.1) is 6.92 Å². The van der Waals surface area contributed by atoms with Gasteiger partial charge >= 0.3 is 21.2 Å². The number of allylic oxidation sites excluding steroid dienone is 2. The average molecular weight is 714 g/mol. The molecule has 0 bridgehead atoms. The highest BCUT2D eigenvalue weighted by Gasteiger charge is 2.46. The van der Waals surface area contributed by atoms with Crippen molar-refractivity contribution in [1.29, 1.82) is 0 Å². The molecule has 5 rings (SSSR count). The molecule has 20 heteroatoms. The number of carbonyl (C=O) groups is 1. The number of phenols is 1. The normalized spacial score (nSPS) is 23.6. The number of nitrogens with two attached hydrogens (primary N) is 1. The molecule has 2 aliphatic rings. The predicted octanol–water partition coefficient (Wildman–Crippen LogP) is 2.05. The number of benzene rings is 1. The third-order valence-corrected chi connectivity index (χ3v) is 12.1. The fourth-order valence-corrected chi connectivity index (χ4v) is 8.87. The van der Waals surface area contributed by atoms with Crippen molar-refractivity contribution in [2.75, 3.05) is 32.0 Å². The van der Waals surface area contributed by atoms with Crippen LogP contribution in [-0.2, 0) is 40.7 Å². The highest BCUT2D eigenvalue weighted by molar-refractivity contribution is 7.70. The van der Waals surface area contributed by atoms with Crippen LogP contribution in [0.25, 0.3) is 11.2 Å². The fraction of sp³-hybridized carbons (Fsp3) is 0.500. The second-order valence-corrected chi connectivity index (χ2v) is 15.6. The zero-order valence-corrected chi connectivity index (χ0v) is 28.0. The molecule has 1 saturated heterocycles. The van der Waals surface area contributed by atoms with E-state index in [1.807, 2.05) is 13.0 Å². The molecule has 2 aromatic heterocycles. The molecule has 0 aliphatic carbocycles. The third-order valence-electron chi connectivity index (χ3n) is 8.11. The number of aromatic hydroxyl groups is 1. The van der Waals surface area contributed by atoms with Gasteiger partial charge in [0.15, 0.2) is 23.6 Å². The summed E-state index contributed by atoms with van der Waals surface area (Å²) in [5.41, 5.74) is 8.94. The van der Waals surface area contributed by atoms with Gasteiger partial charge in [0.05, 0.1) is 26.7 Å². The molecule has 4 heterocycles. The number of hydrogen-bond donors (Lipinski definition) is 6. The van der Waals surface area contributed by atoms with Gasteiger partial charge in [-0.15, -0.1) is 0 Å². The molecule has 18 nitrogen and oxygen atoms in total. The van der Waals surface area contributed by atoms with E-state index in [4.69, 9.17) is 29.0 Å². The Labute approximate surface area is 274 Å². The number of nitrogens with zero attached hydrogens (tertiary/aromatic N) is 4. The van der Waals surface area contributed by atoms with Gasteiger partial charge in [0, 0.05) is 11.1 Å². The summed E-state index contributed by atoms with van der Waals surface area (Å²) >= 11 is 0. The van der Waals surface area contributed by atoms with Gasteiger partial charge in [-0.2, -0.15) is 0 Å². The van der Waals surface area contributed by atoms with Crippen LogP contribution in [0.3, 0.4) is 0 Å². The van der Waals surface area contributed by atoms with E-state index in [0.29, 0.717) is 28.9 Å². The number of nitrogen functional groups attached to an aromatic ring is 1. The number of methoxy groups -OCH3 is 1. The SMILES string of the molecule is COc1c(C)c2c(c(O)c1C/C=C(\C)CCCOP(=O)(O)CP(=O)(O)OCC1OC(n3cnc4c(N)ncnc43)C(O)C1O)C(=O)OC2. The third kappa shape index (κ3) is 7.42. The summed E-state index contributed by atoms with van der Waals surface area (Å²) in [5, 5.41) is 31.8. The second kappa shape index (κ2) is 14.2. The molecule has 0 amide bonds. The van der Waals surface area contributed by atoms with Crippen molar-refractivity contribution in [2.24, 2.45) is 0 Å². The van der Waals surface area contributed by atoms with Gasteiger partial charge in [0.1, 0.15) is 53.8 Å². The minimum atomic E-state index is -4.72. The number of cyclic esters (lactones) is 1. The van der Waals surface area contributed by atoms with Crippen LogP contribution in [0.4, 0.5) is 5.82 Å². The quantitative estimate of drug-likeness (QED) is 0.0604. The molecule has 2 aliphatic heterocycles. The minimum absolute atomic E-state index is 0.0616. The summed E-state index contributed by atoms with van der Waals surface area (Å²) in [5.74, 6) is -1.47. The number of aromatic nitrogens is 4. The summed E-state index contributed by atoms with van der Waals surface area (Å²) in [4.78, 5) is 44.6. The number of aliphatic hydroxyl groups excluding tert-OH is 2. The van der Waals surface area contributed by atoms with E-state index in [0.717, 1.165) is 5.57 Å². The van der Waals surface area contributed by atoms with E-state index in [2.05, 4.69) is 15.0 Å². The molecule has 0 radical (unpaired) electrons. The molecule has 3 aromatic rings. The first-order valence-corrected chi connectivity index (χ1v) is 18.3. The highest BCUT2D eigenvalue weighted by Crippen LogP contribution is 2.58. The van der Waals surface area contributed by atoms with Crippen LogP contribution in [0.15, 0.2) is 24.3 Å². The average Bonchev–Trinajstić information content (AvgIpc) is 3.71. The van der Waals surface area contributed by atoms with E-state index in [-0.39, 0.29) is 54.4 Å². The number of imidazole rings is 1. The Bertz CT molecular complexity index is 1830. The second-order valence-electron chi connectivity index (χ2n) is 11.4. The maximum absolute atomic E-state index is 12.7. The number of esters is 1. The van der Waals surface area contributed by atoms with Gasteiger partial charge in [-0.1, -0.05) is 11.6 Å². The first kappa shape index (κ1) is 35.9. The van der Waals surface area contributed by atoms with E-state index in [9.17, 15) is 39.0 Å². The van der Waals surface area contributed by atoms with E-state index in [1.54, 1.807) is 6.92 Å². The van der Waals surface area contributed by atoms with Crippen LogP contribution in [0.2, 0.25) is 0 Å². The summed E-state index contributed by atoms with van der Waals surface area (Å²) < 4.78 is 52.8. The topological polar surface area (TPSA) is 268 Å². The van der Waals surface area contributed by atoms with Crippen molar-refractivity contribution in [2.45, 2.75) is 64.3 Å². The van der Waals surface area contributed by atoms with Crippen LogP contribution in [0.5, 0.6) is 11.5 Å². The van der Waals surface area contributed by atoms with Crippen molar-refractivity contribution < 1.29 is 62.3 Å². The van der Waals surface area contributed by atoms with Crippen LogP contribution < -0.4 is 10.5 Å². The zero-order chi connectivity index (χ0) is 35.0. The Hall–Kier alpha value is -3.44. The van der Waals surface area contributed by atoms with Crippen molar-refractivity contribution in [3.63, 3.8) is 0 Å². The predicted molar refractivity (Wildman–Crippen MR) is 167 cm³/mol. The molecule has 1 aromatic carbocycles. The van der Waals surface area contributed by atoms with Crippen molar-refractivity contribution in [3.8, 4) is 11.5 Å². The summed E-state index contributed by atoms with van der Waals surface area (Å²) in [6, 6.07) is 0. The number of rotatable bonds is 14. The molecule has 6 atom stereocenters. The molecule has 0 saturated carbocycles. The van der Waals surface area contributed by atoms with E-state index < -0.39 is 58.2 Å². The van der Waals surface area contributed by atoms with Crippen LogP contribution >= 0.6 is 15.2 Å². The lowest BCUT2D eigenvalue weighted by molar-refractivity contribution is -0.0483. The molecule has 6 unspecified atom stereocenters. The molecule has 0 spiro atoms. The molecule has 1 fully saturated rings. The highest BCUT2D eigenvalue weighted by atomic mass is 31.2. The fourth-order valence-electron chi connectivity index (χ4n) is 5.61. The molecular formula is C28H37N5O13P2. The van der Waals surface area contributed by atoms with Gasteiger partial charge in [0.25, 0.3) is 0 Å². The van der Waals surface area contributed by atoms with Crippen molar-refractivity contribution >= 4 is 38.1 Å². The number of aliphatic hydroxyl groups is 2. The Kier molecular flexibility index (Phi) is 10.6. The lowest BCUT2D eigenvalue weighted by Gasteiger charge is -2.19. The van der Waals surface area contributed by atoms with E-state index >= 15 is 0 Å². The van der Waals surface area contributed by atoms with Crippen LogP contribution in [-0.4, -0.2) is 95.1 Å². The first-order valence-electron chi connectivity index (χ1n) is 14.8. The molecule has 262 valence electrons. The molecular weight excluding hydrogens is 676 g/mol. The zero-order valence-electron chi connectivity index (χ0n) is 26.3. The minimum Gasteiger partial charge on any atom is -0.507 e. The number of anilines is 1. The summed E-state index contributed by atoms with van der Waals surface area (Å²) in [6.45, 7) is 2.74. The maximum atomic E-state index is 12.7. The Morgan fingerprint density at radius 1 is 1.17 bits per heavy atom. The monoisotopic (exact) mass is 713 g/mol. The molecule has 7 N–H and O–H groups in total. The summed E-state index contributed by atoms with van der Waals surface area (Å²) in [7, 11) is -7.84. The standard InChI is InChI=1S/C28H37N5O13P2/c1-14(6-7-16-21(34)19-17(9-43-28(19)37)15(2)24(16)42-3)5-4-8-44-47(38,39)13-48(40,41)45-10-18-22(35)23(36)27(46-18)33-12-32-20-25(29)30-11-31-26(20)33/h6,11-12,18,22-23,27,34-36H,4-5,7-10,13H2,1-3H3,(H,38,39)(H,40,41)(H2,29,30,31)/b14-6+. The number of hydrogen-bond acceptors (Lipinski definition) is 15. The van der Waals surface area contributed by atoms with Crippen molar-refractivity contribution in [3.05, 3.63) is 46.6 Å². The Balaban J connectivity index is 1.10.